The summed E-state index contributed by atoms with van der Waals surface area (Å²) in [7, 11) is 0. The molecule has 5 heteroatoms. The van der Waals surface area contributed by atoms with E-state index in [0.29, 0.717) is 5.56 Å². The summed E-state index contributed by atoms with van der Waals surface area (Å²) in [5, 5.41) is 2.00. The Morgan fingerprint density at radius 2 is 1.64 bits per heavy atom. The Labute approximate surface area is 162 Å². The number of rotatable bonds is 5. The molecule has 0 radical (unpaired) electrons. The smallest absolute Gasteiger partial charge is 0.311 e. The maximum absolute atomic E-state index is 12.5. The molecule has 1 heterocycles. The second-order valence-electron chi connectivity index (χ2n) is 6.80. The molecule has 140 valence electrons. The second kappa shape index (κ2) is 7.64. The number of hydrogen-bond acceptors (Lipinski definition) is 4. The number of benzene rings is 3. The van der Waals surface area contributed by atoms with E-state index in [2.05, 4.69) is 0 Å². The van der Waals surface area contributed by atoms with E-state index in [4.69, 9.17) is 4.74 Å². The van der Waals surface area contributed by atoms with Gasteiger partial charge in [-0.1, -0.05) is 66.7 Å². The van der Waals surface area contributed by atoms with Crippen LogP contribution in [0.3, 0.4) is 0 Å². The largest absolute Gasteiger partial charge is 0.457 e. The van der Waals surface area contributed by atoms with Gasteiger partial charge in [0.05, 0.1) is 11.6 Å². The third-order valence-corrected chi connectivity index (χ3v) is 4.96. The highest BCUT2D eigenvalue weighted by atomic mass is 16.5. The van der Waals surface area contributed by atoms with Gasteiger partial charge in [-0.25, -0.2) is 0 Å². The molecule has 3 aromatic carbocycles. The number of nitrogens with zero attached hydrogens (tertiary/aromatic N) is 1. The number of hydrogen-bond donors (Lipinski definition) is 0. The summed E-state index contributed by atoms with van der Waals surface area (Å²) in [5.41, 5.74) is 1.29. The van der Waals surface area contributed by atoms with Gasteiger partial charge in [-0.2, -0.15) is 0 Å². The number of amides is 1. The molecule has 0 unspecified atom stereocenters. The van der Waals surface area contributed by atoms with E-state index >= 15 is 0 Å². The first-order chi connectivity index (χ1) is 13.6. The SMILES string of the molecule is O=C(COC(=O)[C@H]1CC(=O)N(c2cccc3ccccc23)C1)c1ccccc1. The zero-order valence-corrected chi connectivity index (χ0v) is 15.2. The Bertz CT molecular complexity index is 1040. The molecule has 0 bridgehead atoms. The maximum atomic E-state index is 12.5. The van der Waals surface area contributed by atoms with E-state index in [9.17, 15) is 14.4 Å². The summed E-state index contributed by atoms with van der Waals surface area (Å²) >= 11 is 0. The van der Waals surface area contributed by atoms with Gasteiger partial charge in [0.2, 0.25) is 5.91 Å². The van der Waals surface area contributed by atoms with Crippen molar-refractivity contribution in [2.75, 3.05) is 18.1 Å². The van der Waals surface area contributed by atoms with Crippen LogP contribution < -0.4 is 4.90 Å². The molecule has 1 aliphatic rings. The van der Waals surface area contributed by atoms with E-state index < -0.39 is 11.9 Å². The summed E-state index contributed by atoms with van der Waals surface area (Å²) in [6.07, 6.45) is 0.0849. The average Bonchev–Trinajstić information content (AvgIpc) is 3.13. The summed E-state index contributed by atoms with van der Waals surface area (Å²) < 4.78 is 5.19. The molecule has 28 heavy (non-hydrogen) atoms. The fourth-order valence-corrected chi connectivity index (χ4v) is 3.50. The third kappa shape index (κ3) is 3.51. The van der Waals surface area contributed by atoms with Gasteiger partial charge in [-0.3, -0.25) is 14.4 Å². The van der Waals surface area contributed by atoms with Crippen molar-refractivity contribution in [3.8, 4) is 0 Å². The molecule has 1 atom stereocenters. The van der Waals surface area contributed by atoms with Gasteiger partial charge in [0.15, 0.2) is 12.4 Å². The first-order valence-corrected chi connectivity index (χ1v) is 9.16. The molecule has 0 spiro atoms. The summed E-state index contributed by atoms with van der Waals surface area (Å²) in [6.45, 7) is -0.0625. The van der Waals surface area contributed by atoms with Crippen LogP contribution in [0.4, 0.5) is 5.69 Å². The van der Waals surface area contributed by atoms with E-state index in [-0.39, 0.29) is 31.3 Å². The van der Waals surface area contributed by atoms with Crippen molar-refractivity contribution >= 4 is 34.1 Å². The molecule has 0 aliphatic carbocycles. The Morgan fingerprint density at radius 3 is 2.46 bits per heavy atom. The predicted molar refractivity (Wildman–Crippen MR) is 106 cm³/mol. The summed E-state index contributed by atoms with van der Waals surface area (Å²) in [6, 6.07) is 22.3. The van der Waals surface area contributed by atoms with Gasteiger partial charge in [0.1, 0.15) is 0 Å². The van der Waals surface area contributed by atoms with Crippen LogP contribution in [0.1, 0.15) is 16.8 Å². The third-order valence-electron chi connectivity index (χ3n) is 4.96. The van der Waals surface area contributed by atoms with E-state index in [1.54, 1.807) is 29.2 Å². The number of ether oxygens (including phenoxy) is 1. The Balaban J connectivity index is 1.44. The van der Waals surface area contributed by atoms with Crippen LogP contribution in [-0.4, -0.2) is 30.8 Å². The van der Waals surface area contributed by atoms with Crippen LogP contribution in [0, 0.1) is 5.92 Å². The molecule has 0 aromatic heterocycles. The Kier molecular flexibility index (Phi) is 4.89. The number of fused-ring (bicyclic) bond motifs is 1. The lowest BCUT2D eigenvalue weighted by molar-refractivity contribution is -0.147. The molecule has 3 aromatic rings. The lowest BCUT2D eigenvalue weighted by atomic mass is 10.1. The number of carbonyl (C=O) groups is 3. The van der Waals surface area contributed by atoms with Crippen LogP contribution in [-0.2, 0) is 14.3 Å². The molecule has 1 aliphatic heterocycles. The van der Waals surface area contributed by atoms with Crippen molar-refractivity contribution in [2.24, 2.45) is 5.92 Å². The fraction of sp³-hybridized carbons (Fsp3) is 0.174. The highest BCUT2D eigenvalue weighted by Gasteiger charge is 2.36. The minimum Gasteiger partial charge on any atom is -0.457 e. The van der Waals surface area contributed by atoms with E-state index in [0.717, 1.165) is 16.5 Å². The zero-order chi connectivity index (χ0) is 19.5. The van der Waals surface area contributed by atoms with Gasteiger partial charge >= 0.3 is 5.97 Å². The fourth-order valence-electron chi connectivity index (χ4n) is 3.50. The molecule has 5 nitrogen and oxygen atoms in total. The van der Waals surface area contributed by atoms with Gasteiger partial charge in [0, 0.05) is 23.9 Å². The summed E-state index contributed by atoms with van der Waals surface area (Å²) in [5.74, 6) is -1.47. The van der Waals surface area contributed by atoms with Crippen molar-refractivity contribution < 1.29 is 19.1 Å². The van der Waals surface area contributed by atoms with Crippen molar-refractivity contribution in [2.45, 2.75) is 6.42 Å². The topological polar surface area (TPSA) is 63.7 Å². The summed E-state index contributed by atoms with van der Waals surface area (Å²) in [4.78, 5) is 38.7. The Morgan fingerprint density at radius 1 is 0.929 bits per heavy atom. The molecule has 1 fully saturated rings. The molecule has 4 rings (SSSR count). The molecule has 0 saturated carbocycles. The van der Waals surface area contributed by atoms with Crippen LogP contribution in [0.25, 0.3) is 10.8 Å². The second-order valence-corrected chi connectivity index (χ2v) is 6.80. The molecular weight excluding hydrogens is 354 g/mol. The minimum atomic E-state index is -0.574. The van der Waals surface area contributed by atoms with Crippen molar-refractivity contribution in [3.63, 3.8) is 0 Å². The van der Waals surface area contributed by atoms with Crippen LogP contribution >= 0.6 is 0 Å². The van der Waals surface area contributed by atoms with Gasteiger partial charge in [-0.15, -0.1) is 0 Å². The maximum Gasteiger partial charge on any atom is 0.311 e. The van der Waals surface area contributed by atoms with Gasteiger partial charge in [-0.05, 0) is 11.5 Å². The van der Waals surface area contributed by atoms with Crippen molar-refractivity contribution in [1.82, 2.24) is 0 Å². The number of ketones is 1. The minimum absolute atomic E-state index is 0.0849. The van der Waals surface area contributed by atoms with E-state index in [1.807, 2.05) is 48.5 Å². The van der Waals surface area contributed by atoms with Crippen LogP contribution in [0.5, 0.6) is 0 Å². The van der Waals surface area contributed by atoms with Crippen LogP contribution in [0.15, 0.2) is 72.8 Å². The van der Waals surface area contributed by atoms with Crippen molar-refractivity contribution in [1.29, 1.82) is 0 Å². The number of carbonyl (C=O) groups excluding carboxylic acids is 3. The molecular formula is C23H19NO4. The number of esters is 1. The number of Topliss-reactive ketones (excluding diaryl/α,β-unsaturated/α-hetero) is 1. The highest BCUT2D eigenvalue weighted by molar-refractivity contribution is 6.06. The Hall–Kier alpha value is -3.47. The van der Waals surface area contributed by atoms with Gasteiger partial charge < -0.3 is 9.64 Å². The number of anilines is 1. The van der Waals surface area contributed by atoms with Crippen molar-refractivity contribution in [3.05, 3.63) is 78.4 Å². The van der Waals surface area contributed by atoms with E-state index in [1.165, 1.54) is 0 Å². The van der Waals surface area contributed by atoms with Gasteiger partial charge in [0.25, 0.3) is 0 Å². The first-order valence-electron chi connectivity index (χ1n) is 9.16. The molecule has 1 amide bonds. The molecule has 0 N–H and O–H groups in total. The van der Waals surface area contributed by atoms with Crippen LogP contribution in [0.2, 0.25) is 0 Å². The highest BCUT2D eigenvalue weighted by Crippen LogP contribution is 2.32. The quantitative estimate of drug-likeness (QED) is 0.506. The average molecular weight is 373 g/mol. The normalized spacial score (nSPS) is 16.4. The monoisotopic (exact) mass is 373 g/mol. The molecule has 1 saturated heterocycles. The standard InChI is InChI=1S/C23H19NO4/c25-21(17-8-2-1-3-9-17)15-28-23(27)18-13-22(26)24(14-18)20-12-6-10-16-7-4-5-11-19(16)20/h1-12,18H,13-15H2/t18-/m0/s1. The lowest BCUT2D eigenvalue weighted by Crippen LogP contribution is -2.27. The predicted octanol–water partition coefficient (Wildman–Crippen LogP) is 3.62. The lowest BCUT2D eigenvalue weighted by Gasteiger charge is -2.18. The first kappa shape index (κ1) is 17.9. The zero-order valence-electron chi connectivity index (χ0n) is 15.2.